The molecule has 1 saturated heterocycles. The van der Waals surface area contributed by atoms with Gasteiger partial charge >= 0.3 is 0 Å². The molecule has 116 valence electrons. The Balaban J connectivity index is 1.76. The van der Waals surface area contributed by atoms with Crippen LogP contribution in [-0.2, 0) is 16.0 Å². The van der Waals surface area contributed by atoms with Crippen molar-refractivity contribution >= 4 is 28.3 Å². The number of aryl methyl sites for hydroxylation is 1. The number of nitrogens with zero attached hydrogens (tertiary/aromatic N) is 3. The van der Waals surface area contributed by atoms with Gasteiger partial charge in [-0.25, -0.2) is 0 Å². The van der Waals surface area contributed by atoms with E-state index in [1.165, 1.54) is 17.8 Å². The summed E-state index contributed by atoms with van der Waals surface area (Å²) in [5, 5.41) is 11.9. The average Bonchev–Trinajstić information content (AvgIpc) is 2.93. The first kappa shape index (κ1) is 15.9. The van der Waals surface area contributed by atoms with Gasteiger partial charge in [-0.05, 0) is 32.6 Å². The van der Waals surface area contributed by atoms with E-state index in [4.69, 9.17) is 0 Å². The number of rotatable bonds is 5. The van der Waals surface area contributed by atoms with Crippen molar-refractivity contribution in [3.8, 4) is 0 Å². The van der Waals surface area contributed by atoms with Crippen molar-refractivity contribution in [2.45, 2.75) is 58.4 Å². The third-order valence-corrected chi connectivity index (χ3v) is 4.69. The van der Waals surface area contributed by atoms with Crippen molar-refractivity contribution in [2.75, 3.05) is 11.9 Å². The number of carbonyl (C=O) groups is 2. The maximum atomic E-state index is 12.1. The zero-order chi connectivity index (χ0) is 15.2. The zero-order valence-corrected chi connectivity index (χ0v) is 13.4. The van der Waals surface area contributed by atoms with E-state index in [9.17, 15) is 9.59 Å². The molecule has 2 rings (SSSR count). The van der Waals surface area contributed by atoms with Gasteiger partial charge in [0, 0.05) is 25.4 Å². The van der Waals surface area contributed by atoms with E-state index in [2.05, 4.69) is 22.4 Å². The molecule has 0 unspecified atom stereocenters. The van der Waals surface area contributed by atoms with Crippen molar-refractivity contribution in [3.63, 3.8) is 0 Å². The summed E-state index contributed by atoms with van der Waals surface area (Å²) in [7, 11) is 0. The summed E-state index contributed by atoms with van der Waals surface area (Å²) in [5.41, 5.74) is 0. The fourth-order valence-corrected chi connectivity index (χ4v) is 3.16. The second-order valence-corrected chi connectivity index (χ2v) is 6.40. The van der Waals surface area contributed by atoms with E-state index < -0.39 is 0 Å². The molecule has 21 heavy (non-hydrogen) atoms. The van der Waals surface area contributed by atoms with E-state index in [0.717, 1.165) is 30.8 Å². The smallest absolute Gasteiger partial charge is 0.226 e. The Morgan fingerprint density at radius 2 is 2.14 bits per heavy atom. The zero-order valence-electron chi connectivity index (χ0n) is 12.6. The minimum atomic E-state index is -0.174. The molecule has 2 amide bonds. The molecular weight excluding hydrogens is 288 g/mol. The molecule has 0 radical (unpaired) electrons. The van der Waals surface area contributed by atoms with Gasteiger partial charge in [0.1, 0.15) is 5.01 Å². The third-order valence-electron chi connectivity index (χ3n) is 3.70. The molecule has 1 aromatic heterocycles. The van der Waals surface area contributed by atoms with Crippen molar-refractivity contribution in [1.29, 1.82) is 0 Å². The topological polar surface area (TPSA) is 75.2 Å². The second-order valence-electron chi connectivity index (χ2n) is 5.33. The summed E-state index contributed by atoms with van der Waals surface area (Å²) in [4.78, 5) is 25.9. The highest BCUT2D eigenvalue weighted by atomic mass is 32.1. The molecule has 0 saturated carbocycles. The first-order valence-electron chi connectivity index (χ1n) is 7.52. The van der Waals surface area contributed by atoms with Crippen LogP contribution in [0.25, 0.3) is 0 Å². The molecule has 6 nitrogen and oxygen atoms in total. The summed E-state index contributed by atoms with van der Waals surface area (Å²) in [6, 6.07) is 0.296. The molecule has 0 bridgehead atoms. The number of aromatic nitrogens is 2. The van der Waals surface area contributed by atoms with Crippen molar-refractivity contribution in [1.82, 2.24) is 15.1 Å². The number of amides is 2. The molecular formula is C14H22N4O2S. The molecule has 1 atom stereocenters. The molecule has 2 heterocycles. The average molecular weight is 310 g/mol. The monoisotopic (exact) mass is 310 g/mol. The Bertz CT molecular complexity index is 503. The SMILES string of the molecule is CCc1nnc(NC(=O)CCC(=O)N2CCCC[C@H]2C)s1. The van der Waals surface area contributed by atoms with Gasteiger partial charge in [0.05, 0.1) is 0 Å². The summed E-state index contributed by atoms with van der Waals surface area (Å²) in [6.45, 7) is 4.88. The minimum Gasteiger partial charge on any atom is -0.340 e. The maximum Gasteiger partial charge on any atom is 0.226 e. The Kier molecular flexibility index (Phi) is 5.67. The molecule has 0 aliphatic carbocycles. The quantitative estimate of drug-likeness (QED) is 0.905. The highest BCUT2D eigenvalue weighted by Gasteiger charge is 2.23. The standard InChI is InChI=1S/C14H22N4O2S/c1-3-12-16-17-14(21-12)15-11(19)7-8-13(20)18-9-5-4-6-10(18)2/h10H,3-9H2,1-2H3,(H,15,17,19)/t10-/m1/s1. The summed E-state index contributed by atoms with van der Waals surface area (Å²) in [5.74, 6) is -0.101. The fourth-order valence-electron chi connectivity index (χ4n) is 2.46. The number of likely N-dealkylation sites (tertiary alicyclic amines) is 1. The van der Waals surface area contributed by atoms with E-state index in [0.29, 0.717) is 11.2 Å². The Morgan fingerprint density at radius 1 is 1.33 bits per heavy atom. The van der Waals surface area contributed by atoms with Gasteiger partial charge < -0.3 is 10.2 Å². The Labute approximate surface area is 128 Å². The first-order valence-corrected chi connectivity index (χ1v) is 8.33. The van der Waals surface area contributed by atoms with Crippen molar-refractivity contribution in [3.05, 3.63) is 5.01 Å². The number of anilines is 1. The van der Waals surface area contributed by atoms with Gasteiger partial charge in [0.15, 0.2) is 0 Å². The van der Waals surface area contributed by atoms with Crippen LogP contribution in [0.1, 0.15) is 51.0 Å². The van der Waals surface area contributed by atoms with Gasteiger partial charge in [-0.15, -0.1) is 10.2 Å². The van der Waals surface area contributed by atoms with Crippen LogP contribution in [-0.4, -0.2) is 39.5 Å². The van der Waals surface area contributed by atoms with E-state index >= 15 is 0 Å². The first-order chi connectivity index (χ1) is 10.1. The number of nitrogens with one attached hydrogen (secondary N) is 1. The predicted octanol–water partition coefficient (Wildman–Crippen LogP) is 2.22. The summed E-state index contributed by atoms with van der Waals surface area (Å²) < 4.78 is 0. The van der Waals surface area contributed by atoms with E-state index in [1.807, 2.05) is 11.8 Å². The highest BCUT2D eigenvalue weighted by Crippen LogP contribution is 2.18. The number of carbonyl (C=O) groups excluding carboxylic acids is 2. The molecule has 1 aliphatic heterocycles. The molecule has 7 heteroatoms. The van der Waals surface area contributed by atoms with Gasteiger partial charge in [-0.1, -0.05) is 18.3 Å². The van der Waals surface area contributed by atoms with Crippen LogP contribution in [0, 0.1) is 0 Å². The lowest BCUT2D eigenvalue weighted by atomic mass is 10.0. The normalized spacial score (nSPS) is 18.6. The number of hydrogen-bond donors (Lipinski definition) is 1. The van der Waals surface area contributed by atoms with Gasteiger partial charge in [-0.3, -0.25) is 9.59 Å². The summed E-state index contributed by atoms with van der Waals surface area (Å²) >= 11 is 1.37. The Hall–Kier alpha value is -1.50. The van der Waals surface area contributed by atoms with Crippen LogP contribution in [0.3, 0.4) is 0 Å². The largest absolute Gasteiger partial charge is 0.340 e. The molecule has 1 aromatic rings. The predicted molar refractivity (Wildman–Crippen MR) is 82.2 cm³/mol. The third kappa shape index (κ3) is 4.49. The summed E-state index contributed by atoms with van der Waals surface area (Å²) in [6.07, 6.45) is 4.56. The maximum absolute atomic E-state index is 12.1. The van der Waals surface area contributed by atoms with Crippen LogP contribution >= 0.6 is 11.3 Å². The highest BCUT2D eigenvalue weighted by molar-refractivity contribution is 7.15. The van der Waals surface area contributed by atoms with Crippen LogP contribution in [0.2, 0.25) is 0 Å². The second kappa shape index (κ2) is 7.49. The fraction of sp³-hybridized carbons (Fsp3) is 0.714. The lowest BCUT2D eigenvalue weighted by molar-refractivity contribution is -0.135. The molecule has 0 aromatic carbocycles. The van der Waals surface area contributed by atoms with E-state index in [-0.39, 0.29) is 24.7 Å². The molecule has 1 aliphatic rings. The van der Waals surface area contributed by atoms with Crippen LogP contribution in [0.4, 0.5) is 5.13 Å². The van der Waals surface area contributed by atoms with Crippen LogP contribution in [0.5, 0.6) is 0 Å². The number of piperidine rings is 1. The lowest BCUT2D eigenvalue weighted by Crippen LogP contribution is -2.42. The van der Waals surface area contributed by atoms with Gasteiger partial charge in [0.25, 0.3) is 0 Å². The van der Waals surface area contributed by atoms with Crippen LogP contribution in [0.15, 0.2) is 0 Å². The van der Waals surface area contributed by atoms with Crippen molar-refractivity contribution < 1.29 is 9.59 Å². The minimum absolute atomic E-state index is 0.0730. The van der Waals surface area contributed by atoms with Crippen molar-refractivity contribution in [2.24, 2.45) is 0 Å². The molecule has 1 fully saturated rings. The Morgan fingerprint density at radius 3 is 2.81 bits per heavy atom. The molecule has 0 spiro atoms. The molecule has 1 N–H and O–H groups in total. The van der Waals surface area contributed by atoms with E-state index in [1.54, 1.807) is 0 Å². The van der Waals surface area contributed by atoms with Crippen LogP contribution < -0.4 is 5.32 Å². The lowest BCUT2D eigenvalue weighted by Gasteiger charge is -2.33. The van der Waals surface area contributed by atoms with Gasteiger partial charge in [0.2, 0.25) is 16.9 Å². The van der Waals surface area contributed by atoms with Gasteiger partial charge in [-0.2, -0.15) is 0 Å². The number of hydrogen-bond acceptors (Lipinski definition) is 5.